The van der Waals surface area contributed by atoms with E-state index in [1.54, 1.807) is 0 Å². The SMILES string of the molecule is Cc1[nH]ncc1CN(Cc1ccccn1)C1CCCNCC1.Cl. The lowest BCUT2D eigenvalue weighted by atomic mass is 10.1. The normalized spacial score (nSPS) is 18.4. The highest BCUT2D eigenvalue weighted by Crippen LogP contribution is 2.20. The third-order valence-electron chi connectivity index (χ3n) is 4.46. The maximum Gasteiger partial charge on any atom is 0.0544 e. The van der Waals surface area contributed by atoms with Crippen molar-refractivity contribution in [3.8, 4) is 0 Å². The molecule has 1 atom stereocenters. The summed E-state index contributed by atoms with van der Waals surface area (Å²) in [5.41, 5.74) is 3.59. The fraction of sp³-hybridized carbons (Fsp3) is 0.529. The summed E-state index contributed by atoms with van der Waals surface area (Å²) in [7, 11) is 0. The Morgan fingerprint density at radius 2 is 2.13 bits per heavy atom. The highest BCUT2D eigenvalue weighted by atomic mass is 35.5. The summed E-state index contributed by atoms with van der Waals surface area (Å²) in [5.74, 6) is 0. The van der Waals surface area contributed by atoms with E-state index in [0.717, 1.165) is 37.6 Å². The quantitative estimate of drug-likeness (QED) is 0.882. The van der Waals surface area contributed by atoms with Crippen molar-refractivity contribution in [3.05, 3.63) is 47.5 Å². The molecule has 1 aliphatic rings. The number of aromatic nitrogens is 3. The van der Waals surface area contributed by atoms with Gasteiger partial charge in [-0.05, 0) is 51.4 Å². The van der Waals surface area contributed by atoms with Crippen LogP contribution in [0.2, 0.25) is 0 Å². The molecule has 0 amide bonds. The largest absolute Gasteiger partial charge is 0.317 e. The average molecular weight is 336 g/mol. The lowest BCUT2D eigenvalue weighted by Gasteiger charge is -2.30. The molecular weight excluding hydrogens is 310 g/mol. The molecule has 3 heterocycles. The molecule has 0 saturated carbocycles. The van der Waals surface area contributed by atoms with Crippen molar-refractivity contribution in [3.63, 3.8) is 0 Å². The molecule has 126 valence electrons. The van der Waals surface area contributed by atoms with E-state index in [-0.39, 0.29) is 12.4 Å². The molecule has 0 aromatic carbocycles. The van der Waals surface area contributed by atoms with Crippen molar-refractivity contribution in [1.29, 1.82) is 0 Å². The molecule has 6 heteroatoms. The van der Waals surface area contributed by atoms with Gasteiger partial charge in [0.2, 0.25) is 0 Å². The number of hydrogen-bond acceptors (Lipinski definition) is 4. The van der Waals surface area contributed by atoms with E-state index >= 15 is 0 Å². The Bertz CT molecular complexity index is 563. The number of hydrogen-bond donors (Lipinski definition) is 2. The molecular formula is C17H26ClN5. The second-order valence-corrected chi connectivity index (χ2v) is 6.08. The first-order chi connectivity index (χ1) is 10.8. The van der Waals surface area contributed by atoms with Gasteiger partial charge in [-0.2, -0.15) is 5.10 Å². The molecule has 1 aliphatic heterocycles. The number of pyridine rings is 1. The minimum absolute atomic E-state index is 0. The van der Waals surface area contributed by atoms with Crippen molar-refractivity contribution < 1.29 is 0 Å². The molecule has 0 radical (unpaired) electrons. The van der Waals surface area contributed by atoms with Gasteiger partial charge in [-0.25, -0.2) is 0 Å². The molecule has 0 bridgehead atoms. The maximum absolute atomic E-state index is 4.51. The predicted octanol–water partition coefficient (Wildman–Crippen LogP) is 2.68. The zero-order valence-electron chi connectivity index (χ0n) is 13.7. The number of H-pyrrole nitrogens is 1. The minimum atomic E-state index is 0. The number of halogens is 1. The molecule has 2 aromatic heterocycles. The van der Waals surface area contributed by atoms with Gasteiger partial charge < -0.3 is 5.32 Å². The first-order valence-electron chi connectivity index (χ1n) is 8.16. The Morgan fingerprint density at radius 1 is 1.22 bits per heavy atom. The van der Waals surface area contributed by atoms with Crippen LogP contribution in [0.25, 0.3) is 0 Å². The minimum Gasteiger partial charge on any atom is -0.317 e. The molecule has 23 heavy (non-hydrogen) atoms. The number of nitrogens with zero attached hydrogens (tertiary/aromatic N) is 3. The molecule has 5 nitrogen and oxygen atoms in total. The van der Waals surface area contributed by atoms with Gasteiger partial charge in [0.15, 0.2) is 0 Å². The van der Waals surface area contributed by atoms with Gasteiger partial charge in [-0.3, -0.25) is 15.0 Å². The van der Waals surface area contributed by atoms with Crippen LogP contribution in [-0.2, 0) is 13.1 Å². The van der Waals surface area contributed by atoms with E-state index in [2.05, 4.69) is 44.5 Å². The molecule has 3 rings (SSSR count). The van der Waals surface area contributed by atoms with E-state index in [4.69, 9.17) is 0 Å². The molecule has 1 unspecified atom stereocenters. The van der Waals surface area contributed by atoms with Crippen molar-refractivity contribution in [2.24, 2.45) is 0 Å². The van der Waals surface area contributed by atoms with Gasteiger partial charge >= 0.3 is 0 Å². The van der Waals surface area contributed by atoms with Gasteiger partial charge in [0, 0.05) is 36.6 Å². The zero-order valence-corrected chi connectivity index (χ0v) is 14.5. The molecule has 2 aromatic rings. The highest BCUT2D eigenvalue weighted by Gasteiger charge is 2.21. The standard InChI is InChI=1S/C17H25N5.ClH/c1-14-15(11-20-21-14)12-22(13-16-5-2-3-9-19-16)17-6-4-8-18-10-7-17;/h2-3,5,9,11,17-18H,4,6-8,10,12-13H2,1H3,(H,20,21);1H. The van der Waals surface area contributed by atoms with Gasteiger partial charge in [-0.1, -0.05) is 6.07 Å². The van der Waals surface area contributed by atoms with E-state index in [1.165, 1.54) is 24.8 Å². The van der Waals surface area contributed by atoms with Crippen molar-refractivity contribution >= 4 is 12.4 Å². The molecule has 1 fully saturated rings. The van der Waals surface area contributed by atoms with Crippen LogP contribution in [0.4, 0.5) is 0 Å². The highest BCUT2D eigenvalue weighted by molar-refractivity contribution is 5.85. The second-order valence-electron chi connectivity index (χ2n) is 6.08. The number of rotatable bonds is 5. The maximum atomic E-state index is 4.51. The first kappa shape index (κ1) is 17.9. The second kappa shape index (κ2) is 9.01. The van der Waals surface area contributed by atoms with Gasteiger partial charge in [0.1, 0.15) is 0 Å². The topological polar surface area (TPSA) is 56.8 Å². The van der Waals surface area contributed by atoms with Crippen LogP contribution in [-0.4, -0.2) is 39.2 Å². The summed E-state index contributed by atoms with van der Waals surface area (Å²) < 4.78 is 0. The lowest BCUT2D eigenvalue weighted by molar-refractivity contribution is 0.162. The van der Waals surface area contributed by atoms with Crippen LogP contribution in [0.15, 0.2) is 30.6 Å². The number of aryl methyl sites for hydroxylation is 1. The van der Waals surface area contributed by atoms with Crippen LogP contribution in [0.5, 0.6) is 0 Å². The first-order valence-corrected chi connectivity index (χ1v) is 8.16. The fourth-order valence-electron chi connectivity index (χ4n) is 3.13. The Balaban J connectivity index is 0.00000192. The average Bonchev–Trinajstić information content (AvgIpc) is 2.79. The van der Waals surface area contributed by atoms with Crippen molar-refractivity contribution in [1.82, 2.24) is 25.4 Å². The summed E-state index contributed by atoms with van der Waals surface area (Å²) in [6.07, 6.45) is 7.52. The summed E-state index contributed by atoms with van der Waals surface area (Å²) in [6, 6.07) is 6.76. The Kier molecular flexibility index (Phi) is 7.02. The summed E-state index contributed by atoms with van der Waals surface area (Å²) >= 11 is 0. The van der Waals surface area contributed by atoms with Crippen LogP contribution < -0.4 is 5.32 Å². The van der Waals surface area contributed by atoms with E-state index in [0.29, 0.717) is 6.04 Å². The summed E-state index contributed by atoms with van der Waals surface area (Å²) in [4.78, 5) is 7.07. The van der Waals surface area contributed by atoms with E-state index in [9.17, 15) is 0 Å². The van der Waals surface area contributed by atoms with Crippen LogP contribution >= 0.6 is 12.4 Å². The Morgan fingerprint density at radius 3 is 2.87 bits per heavy atom. The van der Waals surface area contributed by atoms with Crippen molar-refractivity contribution in [2.45, 2.75) is 45.3 Å². The molecule has 0 spiro atoms. The van der Waals surface area contributed by atoms with Gasteiger partial charge in [-0.15, -0.1) is 12.4 Å². The Hall–Kier alpha value is -1.43. The van der Waals surface area contributed by atoms with Crippen LogP contribution in [0.1, 0.15) is 36.2 Å². The third-order valence-corrected chi connectivity index (χ3v) is 4.46. The third kappa shape index (κ3) is 5.03. The van der Waals surface area contributed by atoms with E-state index < -0.39 is 0 Å². The fourth-order valence-corrected chi connectivity index (χ4v) is 3.13. The number of aromatic amines is 1. The summed E-state index contributed by atoms with van der Waals surface area (Å²) in [5, 5.41) is 10.7. The molecule has 0 aliphatic carbocycles. The monoisotopic (exact) mass is 335 g/mol. The predicted molar refractivity (Wildman–Crippen MR) is 94.6 cm³/mol. The number of nitrogens with one attached hydrogen (secondary N) is 2. The summed E-state index contributed by atoms with van der Waals surface area (Å²) in [6.45, 7) is 6.17. The van der Waals surface area contributed by atoms with Crippen LogP contribution in [0, 0.1) is 6.92 Å². The zero-order chi connectivity index (χ0) is 15.2. The molecule has 1 saturated heterocycles. The van der Waals surface area contributed by atoms with Crippen LogP contribution in [0.3, 0.4) is 0 Å². The van der Waals surface area contributed by atoms with Gasteiger partial charge in [0.05, 0.1) is 11.9 Å². The van der Waals surface area contributed by atoms with Crippen molar-refractivity contribution in [2.75, 3.05) is 13.1 Å². The molecule has 2 N–H and O–H groups in total. The lowest BCUT2D eigenvalue weighted by Crippen LogP contribution is -2.35. The van der Waals surface area contributed by atoms with E-state index in [1.807, 2.05) is 18.5 Å². The Labute approximate surface area is 144 Å². The smallest absolute Gasteiger partial charge is 0.0544 e. The van der Waals surface area contributed by atoms with Gasteiger partial charge in [0.25, 0.3) is 0 Å².